The Morgan fingerprint density at radius 2 is 1.94 bits per heavy atom. The van der Waals surface area contributed by atoms with Gasteiger partial charge in [-0.3, -0.25) is 0 Å². The molecule has 0 fully saturated rings. The van der Waals surface area contributed by atoms with E-state index in [0.29, 0.717) is 16.9 Å². The van der Waals surface area contributed by atoms with Gasteiger partial charge in [0, 0.05) is 17.4 Å². The van der Waals surface area contributed by atoms with Crippen molar-refractivity contribution in [2.24, 2.45) is 5.84 Å². The quantitative estimate of drug-likeness (QED) is 0.533. The third-order valence-electron chi connectivity index (χ3n) is 2.64. The molecule has 0 saturated carbocycles. The van der Waals surface area contributed by atoms with Crippen molar-refractivity contribution < 1.29 is 0 Å². The zero-order valence-electron chi connectivity index (χ0n) is 10.9. The van der Waals surface area contributed by atoms with Crippen LogP contribution >= 0.6 is 11.8 Å². The number of nitrogens with one attached hydrogen (secondary N) is 2. The number of hydrazine groups is 1. The lowest BCUT2D eigenvalue weighted by Gasteiger charge is -2.13. The normalized spacial score (nSPS) is 12.3. The van der Waals surface area contributed by atoms with E-state index in [4.69, 9.17) is 5.84 Å². The summed E-state index contributed by atoms with van der Waals surface area (Å²) in [5.74, 6) is 7.67. The van der Waals surface area contributed by atoms with Crippen LogP contribution in [0.5, 0.6) is 0 Å². The molecule has 5 nitrogen and oxygen atoms in total. The van der Waals surface area contributed by atoms with Crippen LogP contribution in [0, 0.1) is 13.8 Å². The Morgan fingerprint density at radius 1 is 1.29 bits per heavy atom. The molecular weight excluding hydrogens is 234 g/mol. The molecule has 1 aromatic rings. The smallest absolute Gasteiger partial charge is 0.148 e. The van der Waals surface area contributed by atoms with Crippen LogP contribution in [0.1, 0.15) is 24.7 Å². The Morgan fingerprint density at radius 3 is 2.53 bits per heavy atom. The van der Waals surface area contributed by atoms with Crippen LogP contribution in [0.25, 0.3) is 0 Å². The molecule has 1 atom stereocenters. The van der Waals surface area contributed by atoms with E-state index in [1.165, 1.54) is 0 Å². The van der Waals surface area contributed by atoms with Gasteiger partial charge in [0.25, 0.3) is 0 Å². The molecule has 0 amide bonds. The highest BCUT2D eigenvalue weighted by Gasteiger charge is 2.08. The van der Waals surface area contributed by atoms with Crippen molar-refractivity contribution in [2.45, 2.75) is 32.4 Å². The Balaban J connectivity index is 2.67. The molecule has 0 aromatic carbocycles. The van der Waals surface area contributed by atoms with Crippen LogP contribution in [-0.4, -0.2) is 28.0 Å². The lowest BCUT2D eigenvalue weighted by Crippen LogP contribution is -2.15. The third-order valence-corrected chi connectivity index (χ3v) is 3.68. The molecule has 17 heavy (non-hydrogen) atoms. The van der Waals surface area contributed by atoms with E-state index < -0.39 is 0 Å². The lowest BCUT2D eigenvalue weighted by molar-refractivity contribution is 0.845. The molecule has 0 bridgehead atoms. The molecule has 1 heterocycles. The van der Waals surface area contributed by atoms with Crippen molar-refractivity contribution in [3.8, 4) is 0 Å². The molecule has 1 aromatic heterocycles. The second-order valence-electron chi connectivity index (χ2n) is 4.00. The predicted octanol–water partition coefficient (Wildman–Crippen LogP) is 1.93. The average Bonchev–Trinajstić information content (AvgIpc) is 2.32. The van der Waals surface area contributed by atoms with E-state index >= 15 is 0 Å². The average molecular weight is 255 g/mol. The first-order valence-corrected chi connectivity index (χ1v) is 6.95. The minimum atomic E-state index is 0.651. The lowest BCUT2D eigenvalue weighted by atomic mass is 10.3. The summed E-state index contributed by atoms with van der Waals surface area (Å²) in [7, 11) is 0. The van der Waals surface area contributed by atoms with Gasteiger partial charge in [0.05, 0.1) is 0 Å². The van der Waals surface area contributed by atoms with Gasteiger partial charge >= 0.3 is 0 Å². The number of hydrogen-bond donors (Lipinski definition) is 3. The fourth-order valence-corrected chi connectivity index (χ4v) is 1.81. The molecule has 96 valence electrons. The topological polar surface area (TPSA) is 75.9 Å². The molecule has 4 N–H and O–H groups in total. The molecule has 0 saturated heterocycles. The molecule has 0 aliphatic rings. The minimum Gasteiger partial charge on any atom is -0.370 e. The summed E-state index contributed by atoms with van der Waals surface area (Å²) in [6, 6.07) is 0. The van der Waals surface area contributed by atoms with E-state index in [1.807, 2.05) is 25.6 Å². The number of aryl methyl sites for hydroxylation is 1. The first-order chi connectivity index (χ1) is 8.08. The van der Waals surface area contributed by atoms with E-state index in [9.17, 15) is 0 Å². The van der Waals surface area contributed by atoms with Gasteiger partial charge in [-0.1, -0.05) is 6.92 Å². The van der Waals surface area contributed by atoms with E-state index in [2.05, 4.69) is 33.9 Å². The number of rotatable bonds is 6. The van der Waals surface area contributed by atoms with Crippen LogP contribution in [-0.2, 0) is 0 Å². The van der Waals surface area contributed by atoms with Crippen LogP contribution in [0.2, 0.25) is 0 Å². The molecule has 6 heteroatoms. The summed E-state index contributed by atoms with van der Waals surface area (Å²) in [5, 5.41) is 3.98. The van der Waals surface area contributed by atoms with E-state index in [0.717, 1.165) is 24.3 Å². The molecule has 1 unspecified atom stereocenters. The van der Waals surface area contributed by atoms with Crippen molar-refractivity contribution in [1.29, 1.82) is 0 Å². The Labute approximate surface area is 107 Å². The molecule has 0 radical (unpaired) electrons. The zero-order valence-corrected chi connectivity index (χ0v) is 11.7. The second-order valence-corrected chi connectivity index (χ2v) is 5.28. The Kier molecular flexibility index (Phi) is 5.50. The van der Waals surface area contributed by atoms with E-state index in [-0.39, 0.29) is 0 Å². The number of anilines is 2. The summed E-state index contributed by atoms with van der Waals surface area (Å²) in [6.07, 6.45) is 3.23. The van der Waals surface area contributed by atoms with Gasteiger partial charge in [-0.25, -0.2) is 15.8 Å². The monoisotopic (exact) mass is 255 g/mol. The molecule has 0 aliphatic carbocycles. The van der Waals surface area contributed by atoms with Gasteiger partial charge in [-0.2, -0.15) is 11.8 Å². The van der Waals surface area contributed by atoms with Gasteiger partial charge in [0.2, 0.25) is 0 Å². The number of aromatic nitrogens is 2. The first-order valence-electron chi connectivity index (χ1n) is 5.67. The fraction of sp³-hybridized carbons (Fsp3) is 0.636. The van der Waals surface area contributed by atoms with Crippen LogP contribution < -0.4 is 16.6 Å². The molecular formula is C11H21N5S. The van der Waals surface area contributed by atoms with Gasteiger partial charge < -0.3 is 10.7 Å². The van der Waals surface area contributed by atoms with Crippen LogP contribution in [0.15, 0.2) is 0 Å². The van der Waals surface area contributed by atoms with Gasteiger partial charge in [-0.15, -0.1) is 0 Å². The van der Waals surface area contributed by atoms with Crippen molar-refractivity contribution in [3.05, 3.63) is 11.4 Å². The number of nitrogens with two attached hydrogens (primary N) is 1. The van der Waals surface area contributed by atoms with Crippen LogP contribution in [0.4, 0.5) is 11.6 Å². The van der Waals surface area contributed by atoms with Crippen molar-refractivity contribution >= 4 is 23.4 Å². The minimum absolute atomic E-state index is 0.651. The van der Waals surface area contributed by atoms with Crippen molar-refractivity contribution in [2.75, 3.05) is 23.5 Å². The summed E-state index contributed by atoms with van der Waals surface area (Å²) in [5.41, 5.74) is 3.55. The van der Waals surface area contributed by atoms with Crippen molar-refractivity contribution in [1.82, 2.24) is 9.97 Å². The highest BCUT2D eigenvalue weighted by molar-refractivity contribution is 7.99. The number of nitrogens with zero attached hydrogens (tertiary/aromatic N) is 2. The van der Waals surface area contributed by atoms with Gasteiger partial charge in [0.1, 0.15) is 17.5 Å². The highest BCUT2D eigenvalue weighted by atomic mass is 32.2. The zero-order chi connectivity index (χ0) is 12.8. The summed E-state index contributed by atoms with van der Waals surface area (Å²) >= 11 is 1.87. The summed E-state index contributed by atoms with van der Waals surface area (Å²) in [6.45, 7) is 6.94. The largest absolute Gasteiger partial charge is 0.370 e. The Hall–Kier alpha value is -1.01. The maximum atomic E-state index is 5.42. The second kappa shape index (κ2) is 6.66. The molecule has 0 spiro atoms. The highest BCUT2D eigenvalue weighted by Crippen LogP contribution is 2.19. The number of thioether (sulfide) groups is 1. The van der Waals surface area contributed by atoms with Gasteiger partial charge in [0.15, 0.2) is 0 Å². The SMILES string of the molecule is CSC(C)CCNc1nc(C)nc(NN)c1C. The Bertz CT molecular complexity index is 369. The molecule has 1 rings (SSSR count). The maximum Gasteiger partial charge on any atom is 0.148 e. The predicted molar refractivity (Wildman–Crippen MR) is 75.4 cm³/mol. The fourth-order valence-electron chi connectivity index (χ4n) is 1.45. The summed E-state index contributed by atoms with van der Waals surface area (Å²) in [4.78, 5) is 8.60. The molecule has 0 aliphatic heterocycles. The maximum absolute atomic E-state index is 5.42. The van der Waals surface area contributed by atoms with E-state index in [1.54, 1.807) is 0 Å². The standard InChI is InChI=1S/C11H21N5S/c1-7(17-4)5-6-13-10-8(2)11(16-12)15-9(3)14-10/h7H,5-6,12H2,1-4H3,(H2,13,14,15,16). The van der Waals surface area contributed by atoms with Crippen molar-refractivity contribution in [3.63, 3.8) is 0 Å². The van der Waals surface area contributed by atoms with Crippen LogP contribution in [0.3, 0.4) is 0 Å². The van der Waals surface area contributed by atoms with Gasteiger partial charge in [-0.05, 0) is 26.5 Å². The first kappa shape index (κ1) is 14.1. The summed E-state index contributed by atoms with van der Waals surface area (Å²) < 4.78 is 0. The number of nitrogen functional groups attached to an aromatic ring is 1. The number of hydrogen-bond acceptors (Lipinski definition) is 6. The third kappa shape index (κ3) is 4.05.